The molecule has 0 spiro atoms. The maximum Gasteiger partial charge on any atom is 0.248 e. The molecule has 0 radical (unpaired) electrons. The Hall–Kier alpha value is -2.79. The van der Waals surface area contributed by atoms with E-state index in [4.69, 9.17) is 5.73 Å². The fraction of sp³-hybridized carbons (Fsp3) is 0.100. The second kappa shape index (κ2) is 6.26. The number of aliphatic imine (C=N–C) groups is 1. The third kappa shape index (κ3) is 2.66. The van der Waals surface area contributed by atoms with Crippen LogP contribution in [0, 0.1) is 0 Å². The van der Waals surface area contributed by atoms with Crippen molar-refractivity contribution in [3.05, 3.63) is 88.5 Å². The Labute approximate surface area is 150 Å². The molecule has 0 aliphatic carbocycles. The Morgan fingerprint density at radius 2 is 1.72 bits per heavy atom. The van der Waals surface area contributed by atoms with Crippen LogP contribution in [0.3, 0.4) is 0 Å². The average molecular weight is 347 g/mol. The predicted molar refractivity (Wildman–Crippen MR) is 102 cm³/mol. The van der Waals surface area contributed by atoms with Crippen molar-refractivity contribution in [3.8, 4) is 0 Å². The summed E-state index contributed by atoms with van der Waals surface area (Å²) in [5.74, 6) is -0.432. The lowest BCUT2D eigenvalue weighted by Crippen LogP contribution is -2.37. The lowest BCUT2D eigenvalue weighted by Gasteiger charge is -2.36. The van der Waals surface area contributed by atoms with E-state index in [0.29, 0.717) is 11.3 Å². The van der Waals surface area contributed by atoms with Crippen LogP contribution in [0.4, 0.5) is 0 Å². The molecule has 0 saturated heterocycles. The molecule has 0 saturated carbocycles. The van der Waals surface area contributed by atoms with Gasteiger partial charge in [-0.3, -0.25) is 4.79 Å². The molecule has 5 heteroatoms. The van der Waals surface area contributed by atoms with E-state index in [1.54, 1.807) is 11.8 Å². The Kier molecular flexibility index (Phi) is 3.93. The molecule has 2 heterocycles. The highest BCUT2D eigenvalue weighted by atomic mass is 32.2. The van der Waals surface area contributed by atoms with Gasteiger partial charge in [0.15, 0.2) is 5.17 Å². The number of amides is 1. The Morgan fingerprint density at radius 1 is 1.08 bits per heavy atom. The zero-order valence-corrected chi connectivity index (χ0v) is 14.5. The highest BCUT2D eigenvalue weighted by molar-refractivity contribution is 8.16. The average Bonchev–Trinajstić information content (AvgIpc) is 3.05. The normalized spacial score (nSPS) is 19.4. The summed E-state index contributed by atoms with van der Waals surface area (Å²) in [5, 5.41) is 2.96. The molecule has 4 nitrogen and oxygen atoms in total. The van der Waals surface area contributed by atoms with E-state index in [9.17, 15) is 4.79 Å². The first-order valence-corrected chi connectivity index (χ1v) is 8.90. The Morgan fingerprint density at radius 3 is 2.36 bits per heavy atom. The highest BCUT2D eigenvalue weighted by Gasteiger charge is 2.39. The zero-order valence-electron chi connectivity index (χ0n) is 13.7. The summed E-state index contributed by atoms with van der Waals surface area (Å²) in [4.78, 5) is 19.0. The lowest BCUT2D eigenvalue weighted by molar-refractivity contribution is -0.115. The van der Waals surface area contributed by atoms with E-state index in [2.05, 4.69) is 27.4 Å². The molecule has 0 aromatic heterocycles. The molecule has 124 valence electrons. The number of benzene rings is 2. The van der Waals surface area contributed by atoms with Gasteiger partial charge in [0.05, 0.1) is 23.0 Å². The first kappa shape index (κ1) is 15.7. The molecule has 1 amide bonds. The van der Waals surface area contributed by atoms with Crippen LogP contribution in [-0.2, 0) is 4.79 Å². The maximum absolute atomic E-state index is 12.2. The quantitative estimate of drug-likeness (QED) is 0.916. The van der Waals surface area contributed by atoms with Gasteiger partial charge in [-0.1, -0.05) is 72.4 Å². The minimum Gasteiger partial charge on any atom is -0.366 e. The van der Waals surface area contributed by atoms with Crippen molar-refractivity contribution >= 4 is 28.5 Å². The van der Waals surface area contributed by atoms with Gasteiger partial charge in [-0.25, -0.2) is 4.99 Å². The van der Waals surface area contributed by atoms with Gasteiger partial charge in [0.1, 0.15) is 0 Å². The van der Waals surface area contributed by atoms with Crippen LogP contribution >= 0.6 is 11.8 Å². The molecule has 1 atom stereocenters. The fourth-order valence-electron chi connectivity index (χ4n) is 3.27. The minimum atomic E-state index is -0.432. The monoisotopic (exact) mass is 347 g/mol. The van der Waals surface area contributed by atoms with Crippen LogP contribution < -0.4 is 5.73 Å². The zero-order chi connectivity index (χ0) is 17.4. The van der Waals surface area contributed by atoms with Gasteiger partial charge >= 0.3 is 0 Å². The van der Waals surface area contributed by atoms with Crippen molar-refractivity contribution in [1.29, 1.82) is 0 Å². The van der Waals surface area contributed by atoms with Crippen molar-refractivity contribution in [3.63, 3.8) is 0 Å². The van der Waals surface area contributed by atoms with Gasteiger partial charge in [0, 0.05) is 5.41 Å². The first-order valence-electron chi connectivity index (χ1n) is 8.02. The van der Waals surface area contributed by atoms with E-state index in [-0.39, 0.29) is 6.04 Å². The molecule has 2 N–H and O–H groups in total. The molecule has 0 fully saturated rings. The molecule has 4 rings (SSSR count). The summed E-state index contributed by atoms with van der Waals surface area (Å²) in [6.07, 6.45) is 0. The smallest absolute Gasteiger partial charge is 0.248 e. The summed E-state index contributed by atoms with van der Waals surface area (Å²) in [5.41, 5.74) is 10.1. The van der Waals surface area contributed by atoms with E-state index in [0.717, 1.165) is 22.0 Å². The maximum atomic E-state index is 12.2. The number of carbonyl (C=O) groups is 1. The number of thioether (sulfide) groups is 1. The van der Waals surface area contributed by atoms with E-state index in [1.165, 1.54) is 0 Å². The second-order valence-electron chi connectivity index (χ2n) is 5.93. The van der Waals surface area contributed by atoms with Crippen LogP contribution in [0.15, 0.2) is 82.3 Å². The van der Waals surface area contributed by atoms with E-state index >= 15 is 0 Å². The third-order valence-electron chi connectivity index (χ3n) is 4.38. The molecule has 2 aliphatic heterocycles. The molecular weight excluding hydrogens is 330 g/mol. The van der Waals surface area contributed by atoms with Crippen molar-refractivity contribution in [2.45, 2.75) is 13.0 Å². The van der Waals surface area contributed by atoms with Crippen molar-refractivity contribution in [2.75, 3.05) is 0 Å². The standard InChI is InChI=1S/C20H17N3OS/c1-13-17(19(21)24)18(15-10-6-3-7-11-15)23-16(12-25-20(23)22-13)14-8-4-2-5-9-14/h2-12,18H,1H3,(H2,21,24)/t18-/m0/s1. The number of amidine groups is 1. The van der Waals surface area contributed by atoms with Crippen LogP contribution in [0.25, 0.3) is 5.70 Å². The largest absolute Gasteiger partial charge is 0.366 e. The van der Waals surface area contributed by atoms with Crippen molar-refractivity contribution in [1.82, 2.24) is 4.90 Å². The first-order chi connectivity index (χ1) is 12.2. The molecule has 0 bridgehead atoms. The van der Waals surface area contributed by atoms with Gasteiger partial charge in [0.2, 0.25) is 5.91 Å². The summed E-state index contributed by atoms with van der Waals surface area (Å²) >= 11 is 1.57. The Balaban J connectivity index is 1.88. The van der Waals surface area contributed by atoms with Crippen LogP contribution in [0.2, 0.25) is 0 Å². The molecule has 25 heavy (non-hydrogen) atoms. The number of fused-ring (bicyclic) bond motifs is 1. The second-order valence-corrected chi connectivity index (χ2v) is 6.76. The van der Waals surface area contributed by atoms with Crippen LogP contribution in [-0.4, -0.2) is 16.0 Å². The summed E-state index contributed by atoms with van der Waals surface area (Å²) in [7, 11) is 0. The van der Waals surface area contributed by atoms with Gasteiger partial charge in [-0.15, -0.1) is 0 Å². The number of nitrogens with zero attached hydrogens (tertiary/aromatic N) is 2. The van der Waals surface area contributed by atoms with Gasteiger partial charge < -0.3 is 10.6 Å². The minimum absolute atomic E-state index is 0.271. The van der Waals surface area contributed by atoms with Gasteiger partial charge in [-0.05, 0) is 18.1 Å². The number of nitrogens with two attached hydrogens (primary N) is 1. The van der Waals surface area contributed by atoms with Crippen LogP contribution in [0.5, 0.6) is 0 Å². The highest BCUT2D eigenvalue weighted by Crippen LogP contribution is 2.46. The number of hydrogen-bond acceptors (Lipinski definition) is 4. The van der Waals surface area contributed by atoms with E-state index in [1.807, 2.05) is 55.5 Å². The molecule has 2 aromatic carbocycles. The third-order valence-corrected chi connectivity index (χ3v) is 5.22. The number of allylic oxidation sites excluding steroid dienone is 1. The summed E-state index contributed by atoms with van der Waals surface area (Å²) < 4.78 is 0. The summed E-state index contributed by atoms with van der Waals surface area (Å²) in [6, 6.07) is 19.8. The number of rotatable bonds is 3. The van der Waals surface area contributed by atoms with Gasteiger partial charge in [0.25, 0.3) is 0 Å². The molecule has 2 aliphatic rings. The molecule has 0 unspecified atom stereocenters. The van der Waals surface area contributed by atoms with Crippen molar-refractivity contribution < 1.29 is 4.79 Å². The predicted octanol–water partition coefficient (Wildman–Crippen LogP) is 3.90. The SMILES string of the molecule is CC1=C(C(N)=O)[C@H](c2ccccc2)N2C(c3ccccc3)=CSC2=N1. The number of primary amides is 1. The molecule has 2 aromatic rings. The van der Waals surface area contributed by atoms with Crippen LogP contribution in [0.1, 0.15) is 24.1 Å². The topological polar surface area (TPSA) is 58.7 Å². The fourth-order valence-corrected chi connectivity index (χ4v) is 4.24. The lowest BCUT2D eigenvalue weighted by atomic mass is 9.93. The number of carbonyl (C=O) groups excluding carboxylic acids is 1. The van der Waals surface area contributed by atoms with Crippen molar-refractivity contribution in [2.24, 2.45) is 10.7 Å². The Bertz CT molecular complexity index is 916. The van der Waals surface area contributed by atoms with Gasteiger partial charge in [-0.2, -0.15) is 0 Å². The van der Waals surface area contributed by atoms with E-state index < -0.39 is 5.91 Å². The number of hydrogen-bond donors (Lipinski definition) is 1. The summed E-state index contributed by atoms with van der Waals surface area (Å²) in [6.45, 7) is 1.85. The molecular formula is C20H17N3OS.